The van der Waals surface area contributed by atoms with E-state index in [0.29, 0.717) is 0 Å². The number of carboxylic acids is 1. The predicted octanol–water partition coefficient (Wildman–Crippen LogP) is 2.03. The van der Waals surface area contributed by atoms with Gasteiger partial charge in [0.2, 0.25) is 0 Å². The lowest BCUT2D eigenvalue weighted by atomic mass is 10.2. The number of hydrogen-bond acceptors (Lipinski definition) is 4. The Morgan fingerprint density at radius 2 is 1.86 bits per heavy atom. The van der Waals surface area contributed by atoms with Crippen molar-refractivity contribution in [2.75, 3.05) is 4.72 Å². The second-order valence-corrected chi connectivity index (χ2v) is 5.78. The molecule has 0 aliphatic heterocycles. The predicted molar refractivity (Wildman–Crippen MR) is 72.3 cm³/mol. The largest absolute Gasteiger partial charge is 0.506 e. The zero-order valence-electron chi connectivity index (χ0n) is 10.4. The van der Waals surface area contributed by atoms with Crippen LogP contribution in [0.4, 0.5) is 10.1 Å². The topological polar surface area (TPSA) is 104 Å². The van der Waals surface area contributed by atoms with Crippen molar-refractivity contribution >= 4 is 21.7 Å². The number of nitrogens with one attached hydrogen (secondary N) is 1. The lowest BCUT2D eigenvalue weighted by Crippen LogP contribution is -2.13. The van der Waals surface area contributed by atoms with Crippen LogP contribution in [0.25, 0.3) is 0 Å². The van der Waals surface area contributed by atoms with Gasteiger partial charge >= 0.3 is 5.97 Å². The third-order valence-corrected chi connectivity index (χ3v) is 3.96. The van der Waals surface area contributed by atoms with Crippen LogP contribution >= 0.6 is 0 Å². The number of rotatable bonds is 4. The highest BCUT2D eigenvalue weighted by Gasteiger charge is 2.17. The molecule has 6 nitrogen and oxygen atoms in total. The fourth-order valence-electron chi connectivity index (χ4n) is 1.59. The van der Waals surface area contributed by atoms with Crippen LogP contribution < -0.4 is 4.72 Å². The Bertz CT molecular complexity index is 804. The highest BCUT2D eigenvalue weighted by atomic mass is 32.2. The van der Waals surface area contributed by atoms with Gasteiger partial charge in [-0.2, -0.15) is 0 Å². The molecule has 0 amide bonds. The second kappa shape index (κ2) is 5.41. The normalized spacial score (nSPS) is 11.1. The molecule has 2 aromatic rings. The summed E-state index contributed by atoms with van der Waals surface area (Å²) in [4.78, 5) is 10.4. The molecule has 0 fully saturated rings. The number of benzene rings is 2. The van der Waals surface area contributed by atoms with Crippen molar-refractivity contribution < 1.29 is 27.8 Å². The number of hydrogen-bond donors (Lipinski definition) is 3. The average Bonchev–Trinajstić information content (AvgIpc) is 2.40. The minimum absolute atomic E-state index is 0.193. The van der Waals surface area contributed by atoms with Crippen molar-refractivity contribution in [1.82, 2.24) is 0 Å². The number of phenols is 1. The Kier molecular flexibility index (Phi) is 3.81. The molecule has 21 heavy (non-hydrogen) atoms. The molecule has 0 heterocycles. The molecule has 0 spiro atoms. The van der Waals surface area contributed by atoms with Crippen LogP contribution in [0.15, 0.2) is 47.4 Å². The molecule has 0 saturated heterocycles. The zero-order chi connectivity index (χ0) is 15.6. The quantitative estimate of drug-likeness (QED) is 0.750. The van der Waals surface area contributed by atoms with E-state index in [1.54, 1.807) is 0 Å². The molecule has 0 radical (unpaired) electrons. The fourth-order valence-corrected chi connectivity index (χ4v) is 2.69. The minimum atomic E-state index is -4.09. The third-order valence-electron chi connectivity index (χ3n) is 2.60. The highest BCUT2D eigenvalue weighted by Crippen LogP contribution is 2.27. The SMILES string of the molecule is O=C(O)c1ccc(NS(=O)(=O)c2cccc(F)c2)c(O)c1. The Morgan fingerprint density at radius 3 is 2.43 bits per heavy atom. The maximum Gasteiger partial charge on any atom is 0.335 e. The van der Waals surface area contributed by atoms with Gasteiger partial charge in [0.05, 0.1) is 16.1 Å². The van der Waals surface area contributed by atoms with Gasteiger partial charge < -0.3 is 10.2 Å². The van der Waals surface area contributed by atoms with Gasteiger partial charge in [0.15, 0.2) is 0 Å². The van der Waals surface area contributed by atoms with E-state index in [1.165, 1.54) is 12.1 Å². The van der Waals surface area contributed by atoms with Crippen molar-refractivity contribution in [1.29, 1.82) is 0 Å². The summed E-state index contributed by atoms with van der Waals surface area (Å²) < 4.78 is 39.1. The molecule has 0 atom stereocenters. The summed E-state index contributed by atoms with van der Waals surface area (Å²) in [6, 6.07) is 7.49. The van der Waals surface area contributed by atoms with Crippen LogP contribution in [0.2, 0.25) is 0 Å². The van der Waals surface area contributed by atoms with E-state index in [4.69, 9.17) is 5.11 Å². The van der Waals surface area contributed by atoms with Gasteiger partial charge in [-0.25, -0.2) is 17.6 Å². The van der Waals surface area contributed by atoms with E-state index in [1.807, 2.05) is 0 Å². The fraction of sp³-hybridized carbons (Fsp3) is 0. The molecule has 0 aliphatic rings. The third kappa shape index (κ3) is 3.29. The summed E-state index contributed by atoms with van der Waals surface area (Å²) in [6.07, 6.45) is 0. The van der Waals surface area contributed by atoms with Crippen molar-refractivity contribution in [3.63, 3.8) is 0 Å². The van der Waals surface area contributed by atoms with Gasteiger partial charge in [0, 0.05) is 0 Å². The molecular weight excluding hydrogens is 301 g/mol. The standard InChI is InChI=1S/C13H10FNO5S/c14-9-2-1-3-10(7-9)21(19,20)15-11-5-4-8(13(17)18)6-12(11)16/h1-7,15-16H,(H,17,18). The number of aromatic hydroxyl groups is 1. The van der Waals surface area contributed by atoms with Crippen LogP contribution in [0.5, 0.6) is 5.75 Å². The van der Waals surface area contributed by atoms with Crippen molar-refractivity contribution in [2.45, 2.75) is 4.90 Å². The first-order chi connectivity index (χ1) is 9.79. The Labute approximate surface area is 119 Å². The molecule has 110 valence electrons. The van der Waals surface area contributed by atoms with E-state index in [-0.39, 0.29) is 16.1 Å². The van der Waals surface area contributed by atoms with Gasteiger partial charge in [0.25, 0.3) is 10.0 Å². The maximum absolute atomic E-state index is 13.1. The van der Waals surface area contributed by atoms with Gasteiger partial charge in [-0.3, -0.25) is 4.72 Å². The highest BCUT2D eigenvalue weighted by molar-refractivity contribution is 7.92. The lowest BCUT2D eigenvalue weighted by Gasteiger charge is -2.10. The smallest absolute Gasteiger partial charge is 0.335 e. The summed E-state index contributed by atoms with van der Waals surface area (Å²) in [5.41, 5.74) is -0.398. The monoisotopic (exact) mass is 311 g/mol. The molecule has 0 unspecified atom stereocenters. The summed E-state index contributed by atoms with van der Waals surface area (Å²) in [6.45, 7) is 0. The van der Waals surface area contributed by atoms with E-state index >= 15 is 0 Å². The molecule has 8 heteroatoms. The van der Waals surface area contributed by atoms with Gasteiger partial charge in [-0.15, -0.1) is 0 Å². The first-order valence-corrected chi connectivity index (χ1v) is 7.12. The molecule has 2 aromatic carbocycles. The van der Waals surface area contributed by atoms with Gasteiger partial charge in [-0.05, 0) is 36.4 Å². The van der Waals surface area contributed by atoms with Crippen molar-refractivity contribution in [2.24, 2.45) is 0 Å². The van der Waals surface area contributed by atoms with E-state index in [2.05, 4.69) is 4.72 Å². The summed E-state index contributed by atoms with van der Waals surface area (Å²) in [7, 11) is -4.09. The van der Waals surface area contributed by atoms with Crippen molar-refractivity contribution in [3.05, 3.63) is 53.8 Å². The van der Waals surface area contributed by atoms with Crippen LogP contribution in [0.1, 0.15) is 10.4 Å². The van der Waals surface area contributed by atoms with E-state index in [9.17, 15) is 22.7 Å². The number of anilines is 1. The molecule has 0 aliphatic carbocycles. The van der Waals surface area contributed by atoms with Crippen LogP contribution in [-0.2, 0) is 10.0 Å². The van der Waals surface area contributed by atoms with Gasteiger partial charge in [0.1, 0.15) is 11.6 Å². The van der Waals surface area contributed by atoms with Gasteiger partial charge in [-0.1, -0.05) is 6.07 Å². The Hall–Kier alpha value is -2.61. The number of aromatic carboxylic acids is 1. The van der Waals surface area contributed by atoms with Crippen LogP contribution in [0, 0.1) is 5.82 Å². The molecular formula is C13H10FNO5S. The lowest BCUT2D eigenvalue weighted by molar-refractivity contribution is 0.0696. The Morgan fingerprint density at radius 1 is 1.14 bits per heavy atom. The van der Waals surface area contributed by atoms with Crippen LogP contribution in [0.3, 0.4) is 0 Å². The molecule has 0 saturated carbocycles. The van der Waals surface area contributed by atoms with E-state index < -0.39 is 27.6 Å². The molecule has 2 rings (SSSR count). The van der Waals surface area contributed by atoms with Crippen LogP contribution in [-0.4, -0.2) is 24.6 Å². The number of carbonyl (C=O) groups is 1. The number of sulfonamides is 1. The molecule has 0 bridgehead atoms. The molecule has 3 N–H and O–H groups in total. The number of phenolic OH excluding ortho intramolecular Hbond substituents is 1. The summed E-state index contributed by atoms with van der Waals surface area (Å²) in [5.74, 6) is -2.52. The number of halogens is 1. The molecule has 0 aromatic heterocycles. The maximum atomic E-state index is 13.1. The second-order valence-electron chi connectivity index (χ2n) is 4.10. The Balaban J connectivity index is 2.35. The summed E-state index contributed by atoms with van der Waals surface area (Å²) in [5, 5.41) is 18.4. The first-order valence-electron chi connectivity index (χ1n) is 5.64. The van der Waals surface area contributed by atoms with E-state index in [0.717, 1.165) is 30.3 Å². The first kappa shape index (κ1) is 14.8. The minimum Gasteiger partial charge on any atom is -0.506 e. The average molecular weight is 311 g/mol. The summed E-state index contributed by atoms with van der Waals surface area (Å²) >= 11 is 0. The zero-order valence-corrected chi connectivity index (χ0v) is 11.3. The number of carboxylic acid groups (broad SMARTS) is 1. The van der Waals surface area contributed by atoms with Crippen molar-refractivity contribution in [3.8, 4) is 5.75 Å².